The molecule has 0 amide bonds. The molecule has 2 rings (SSSR count). The van der Waals surface area contributed by atoms with Gasteiger partial charge in [-0.3, -0.25) is 19.2 Å². The third kappa shape index (κ3) is 2.85. The first-order valence-corrected chi connectivity index (χ1v) is 8.62. The van der Waals surface area contributed by atoms with Gasteiger partial charge in [-0.1, -0.05) is 0 Å². The van der Waals surface area contributed by atoms with Gasteiger partial charge in [0.2, 0.25) is 0 Å². The van der Waals surface area contributed by atoms with Crippen molar-refractivity contribution >= 4 is 39.9 Å². The second kappa shape index (κ2) is 5.96. The summed E-state index contributed by atoms with van der Waals surface area (Å²) in [5.74, 6) is -4.77. The number of ketones is 4. The zero-order valence-corrected chi connectivity index (χ0v) is 15.1. The molecule has 8 heteroatoms. The fourth-order valence-electron chi connectivity index (χ4n) is 3.13. The zero-order chi connectivity index (χ0) is 19.3. The quantitative estimate of drug-likeness (QED) is 0.358. The minimum absolute atomic E-state index is 0.158. The van der Waals surface area contributed by atoms with Gasteiger partial charge in [0.1, 0.15) is 5.92 Å². The Kier molecular flexibility index (Phi) is 4.56. The number of carbonyl (C=O) groups is 4. The molecule has 1 unspecified atom stereocenters. The van der Waals surface area contributed by atoms with E-state index in [0.29, 0.717) is 0 Å². The fraction of sp³-hybridized carbons (Fsp3) is 0.412. The highest BCUT2D eigenvalue weighted by atomic mass is 32.2. The van der Waals surface area contributed by atoms with Crippen LogP contribution in [0.2, 0.25) is 0 Å². The molecular formula is C17H19NO6S. The SMILES string of the molecule is CC1(C)C(=O)C(C(=O)c2ccc(N)cc2S(=O)O)C(=O)C(C)(C)C1=O. The Labute approximate surface area is 147 Å². The van der Waals surface area contributed by atoms with Crippen molar-refractivity contribution in [2.75, 3.05) is 5.73 Å². The smallest absolute Gasteiger partial charge is 0.187 e. The van der Waals surface area contributed by atoms with Crippen LogP contribution < -0.4 is 5.73 Å². The molecule has 3 N–H and O–H groups in total. The first-order chi connectivity index (χ1) is 11.3. The van der Waals surface area contributed by atoms with E-state index in [1.807, 2.05) is 0 Å². The van der Waals surface area contributed by atoms with Crippen molar-refractivity contribution in [1.29, 1.82) is 0 Å². The van der Waals surface area contributed by atoms with Crippen LogP contribution in [0.25, 0.3) is 0 Å². The molecule has 1 aromatic carbocycles. The first-order valence-electron chi connectivity index (χ1n) is 7.51. The summed E-state index contributed by atoms with van der Waals surface area (Å²) in [4.78, 5) is 50.5. The van der Waals surface area contributed by atoms with Crippen LogP contribution in [-0.2, 0) is 25.5 Å². The number of anilines is 1. The number of nitrogen functional groups attached to an aromatic ring is 1. The second-order valence-corrected chi connectivity index (χ2v) is 8.05. The number of rotatable bonds is 3. The first kappa shape index (κ1) is 19.1. The van der Waals surface area contributed by atoms with Gasteiger partial charge >= 0.3 is 0 Å². The maximum absolute atomic E-state index is 12.9. The van der Waals surface area contributed by atoms with Gasteiger partial charge in [-0.2, -0.15) is 0 Å². The third-order valence-electron chi connectivity index (χ3n) is 4.61. The topological polar surface area (TPSA) is 132 Å². The molecule has 0 bridgehead atoms. The van der Waals surface area contributed by atoms with Crippen molar-refractivity contribution in [3.05, 3.63) is 23.8 Å². The van der Waals surface area contributed by atoms with E-state index in [2.05, 4.69) is 0 Å². The summed E-state index contributed by atoms with van der Waals surface area (Å²) in [5.41, 5.74) is 2.47. The van der Waals surface area contributed by atoms with Crippen LogP contribution in [0.15, 0.2) is 23.1 Å². The van der Waals surface area contributed by atoms with Crippen LogP contribution in [-0.4, -0.2) is 31.9 Å². The molecule has 0 radical (unpaired) electrons. The van der Waals surface area contributed by atoms with Crippen molar-refractivity contribution in [2.24, 2.45) is 16.7 Å². The fourth-order valence-corrected chi connectivity index (χ4v) is 3.72. The van der Waals surface area contributed by atoms with Crippen LogP contribution in [0.5, 0.6) is 0 Å². The molecule has 1 aliphatic rings. The van der Waals surface area contributed by atoms with E-state index in [4.69, 9.17) is 5.73 Å². The van der Waals surface area contributed by atoms with E-state index in [9.17, 15) is 27.9 Å². The number of hydrogen-bond acceptors (Lipinski definition) is 6. The molecule has 1 fully saturated rings. The summed E-state index contributed by atoms with van der Waals surface area (Å²) >= 11 is -2.53. The zero-order valence-electron chi connectivity index (χ0n) is 14.3. The maximum atomic E-state index is 12.9. The molecule has 0 aliphatic heterocycles. The van der Waals surface area contributed by atoms with Gasteiger partial charge in [0.05, 0.1) is 15.7 Å². The Hall–Kier alpha value is -2.19. The lowest BCUT2D eigenvalue weighted by Gasteiger charge is -2.40. The van der Waals surface area contributed by atoms with Crippen LogP contribution >= 0.6 is 0 Å². The normalized spacial score (nSPS) is 21.2. The Morgan fingerprint density at radius 1 is 1.08 bits per heavy atom. The van der Waals surface area contributed by atoms with Crippen molar-refractivity contribution in [2.45, 2.75) is 32.6 Å². The summed E-state index contributed by atoms with van der Waals surface area (Å²) < 4.78 is 20.9. The average Bonchev–Trinajstić information content (AvgIpc) is 2.52. The number of nitrogens with two attached hydrogens (primary N) is 1. The molecule has 134 valence electrons. The molecular weight excluding hydrogens is 346 g/mol. The van der Waals surface area contributed by atoms with E-state index in [-0.39, 0.29) is 16.1 Å². The van der Waals surface area contributed by atoms with Crippen LogP contribution in [0.1, 0.15) is 38.1 Å². The average molecular weight is 365 g/mol. The second-order valence-electron chi connectivity index (χ2n) is 7.11. The Balaban J connectivity index is 2.63. The number of benzene rings is 1. The number of Topliss-reactive ketones (excluding diaryl/α,β-unsaturated/α-hetero) is 4. The largest absolute Gasteiger partial charge is 0.399 e. The molecule has 25 heavy (non-hydrogen) atoms. The lowest BCUT2D eigenvalue weighted by atomic mass is 9.57. The third-order valence-corrected chi connectivity index (χ3v) is 5.33. The van der Waals surface area contributed by atoms with Crippen molar-refractivity contribution in [3.8, 4) is 0 Å². The van der Waals surface area contributed by atoms with Crippen molar-refractivity contribution in [1.82, 2.24) is 0 Å². The van der Waals surface area contributed by atoms with Gasteiger partial charge < -0.3 is 10.3 Å². The van der Waals surface area contributed by atoms with Crippen LogP contribution in [0.4, 0.5) is 5.69 Å². The Morgan fingerprint density at radius 3 is 2.00 bits per heavy atom. The molecule has 1 aromatic rings. The lowest BCUT2D eigenvalue weighted by molar-refractivity contribution is -0.158. The minimum atomic E-state index is -2.53. The van der Waals surface area contributed by atoms with Crippen molar-refractivity contribution < 1.29 is 27.9 Å². The van der Waals surface area contributed by atoms with Gasteiger partial charge in [-0.05, 0) is 45.9 Å². The molecule has 1 aliphatic carbocycles. The van der Waals surface area contributed by atoms with Crippen molar-refractivity contribution in [3.63, 3.8) is 0 Å². The van der Waals surface area contributed by atoms with E-state index < -0.39 is 51.0 Å². The van der Waals surface area contributed by atoms with Gasteiger partial charge in [-0.25, -0.2) is 4.21 Å². The summed E-state index contributed by atoms with van der Waals surface area (Å²) in [5, 5.41) is 0. The highest BCUT2D eigenvalue weighted by molar-refractivity contribution is 7.79. The van der Waals surface area contributed by atoms with Gasteiger partial charge in [0.25, 0.3) is 0 Å². The number of carbonyl (C=O) groups excluding carboxylic acids is 4. The van der Waals surface area contributed by atoms with Gasteiger partial charge in [0.15, 0.2) is 34.2 Å². The van der Waals surface area contributed by atoms with Gasteiger partial charge in [0, 0.05) is 11.3 Å². The van der Waals surface area contributed by atoms with Crippen LogP contribution in [0, 0.1) is 16.7 Å². The predicted octanol–water partition coefficient (Wildman–Crippen LogP) is 1.42. The Morgan fingerprint density at radius 2 is 1.56 bits per heavy atom. The highest BCUT2D eigenvalue weighted by Gasteiger charge is 2.60. The summed E-state index contributed by atoms with van der Waals surface area (Å²) in [6.45, 7) is 5.50. The molecule has 7 nitrogen and oxygen atoms in total. The molecule has 0 aromatic heterocycles. The molecule has 0 saturated heterocycles. The maximum Gasteiger partial charge on any atom is 0.187 e. The van der Waals surface area contributed by atoms with E-state index in [1.165, 1.54) is 39.8 Å². The molecule has 0 spiro atoms. The van der Waals surface area contributed by atoms with Crippen LogP contribution in [0.3, 0.4) is 0 Å². The molecule has 0 heterocycles. The molecule has 1 saturated carbocycles. The van der Waals surface area contributed by atoms with E-state index >= 15 is 0 Å². The lowest BCUT2D eigenvalue weighted by Crippen LogP contribution is -2.59. The standard InChI is InChI=1S/C17H19NO6S/c1-16(2)13(20)11(14(21)17(3,4)15(16)22)12(19)9-6-5-8(18)7-10(9)25(23)24/h5-7,11H,18H2,1-4H3,(H,23,24). The van der Waals surface area contributed by atoms with E-state index in [1.54, 1.807) is 0 Å². The Bertz CT molecular complexity index is 810. The summed E-state index contributed by atoms with van der Waals surface area (Å²) in [6, 6.07) is 3.68. The summed E-state index contributed by atoms with van der Waals surface area (Å²) in [6.07, 6.45) is 0. The number of hydrogen-bond donors (Lipinski definition) is 2. The van der Waals surface area contributed by atoms with Gasteiger partial charge in [-0.15, -0.1) is 0 Å². The molecule has 1 atom stereocenters. The highest BCUT2D eigenvalue weighted by Crippen LogP contribution is 2.42. The predicted molar refractivity (Wildman–Crippen MR) is 90.3 cm³/mol. The minimum Gasteiger partial charge on any atom is -0.399 e. The monoisotopic (exact) mass is 365 g/mol. The summed E-state index contributed by atoms with van der Waals surface area (Å²) in [7, 11) is 0. The van der Waals surface area contributed by atoms with E-state index in [0.717, 1.165) is 6.07 Å².